The van der Waals surface area contributed by atoms with E-state index in [1.54, 1.807) is 19.2 Å². The molecule has 0 bridgehead atoms. The molecular formula is C25H29FN4O2. The van der Waals surface area contributed by atoms with E-state index in [2.05, 4.69) is 10.1 Å². The molecule has 2 N–H and O–H groups in total. The van der Waals surface area contributed by atoms with Crippen molar-refractivity contribution in [1.82, 2.24) is 10.1 Å². The van der Waals surface area contributed by atoms with Crippen molar-refractivity contribution in [3.63, 3.8) is 0 Å². The van der Waals surface area contributed by atoms with Gasteiger partial charge in [0.2, 0.25) is 0 Å². The molecule has 168 valence electrons. The van der Waals surface area contributed by atoms with Crippen LogP contribution in [0.4, 0.5) is 10.3 Å². The van der Waals surface area contributed by atoms with Crippen molar-refractivity contribution >= 4 is 11.8 Å². The number of hydrogen-bond acceptors (Lipinski definition) is 4. The fraction of sp³-hybridized carbons (Fsp3) is 0.360. The molecule has 0 spiro atoms. The van der Waals surface area contributed by atoms with Crippen LogP contribution in [0.5, 0.6) is 0 Å². The van der Waals surface area contributed by atoms with Crippen LogP contribution in [0.25, 0.3) is 11.1 Å². The van der Waals surface area contributed by atoms with Gasteiger partial charge in [-0.2, -0.15) is 4.99 Å². The molecule has 1 aromatic heterocycles. The molecule has 0 amide bonds. The minimum Gasteiger partial charge on any atom is -0.381 e. The van der Waals surface area contributed by atoms with Crippen molar-refractivity contribution in [1.29, 1.82) is 0 Å². The van der Waals surface area contributed by atoms with Crippen LogP contribution >= 0.6 is 0 Å². The lowest BCUT2D eigenvalue weighted by molar-refractivity contribution is 0.0576. The van der Waals surface area contributed by atoms with Gasteiger partial charge in [0.05, 0.1) is 11.8 Å². The van der Waals surface area contributed by atoms with Crippen LogP contribution in [-0.2, 0) is 11.2 Å². The van der Waals surface area contributed by atoms with Crippen molar-refractivity contribution in [3.8, 4) is 11.1 Å². The minimum atomic E-state index is -0.226. The maximum absolute atomic E-state index is 14.7. The molecule has 32 heavy (non-hydrogen) atoms. The van der Waals surface area contributed by atoms with Crippen molar-refractivity contribution in [2.45, 2.75) is 38.2 Å². The minimum absolute atomic E-state index is 0.0710. The van der Waals surface area contributed by atoms with Gasteiger partial charge in [-0.1, -0.05) is 54.5 Å². The molecule has 0 saturated carbocycles. The van der Waals surface area contributed by atoms with E-state index in [1.165, 1.54) is 0 Å². The first-order chi connectivity index (χ1) is 15.5. The maximum atomic E-state index is 14.7. The Morgan fingerprint density at radius 2 is 1.97 bits per heavy atom. The average molecular weight is 437 g/mol. The van der Waals surface area contributed by atoms with Gasteiger partial charge in [0.15, 0.2) is 5.96 Å². The number of aromatic nitrogens is 1. The van der Waals surface area contributed by atoms with E-state index < -0.39 is 0 Å². The van der Waals surface area contributed by atoms with Gasteiger partial charge in [-0.3, -0.25) is 0 Å². The molecule has 0 radical (unpaired) electrons. The predicted octanol–water partition coefficient (Wildman–Crippen LogP) is 4.88. The number of piperidine rings is 1. The Morgan fingerprint density at radius 3 is 2.66 bits per heavy atom. The number of guanidine groups is 1. The average Bonchev–Trinajstić information content (AvgIpc) is 3.26. The highest BCUT2D eigenvalue weighted by Gasteiger charge is 2.20. The van der Waals surface area contributed by atoms with E-state index in [4.69, 9.17) is 15.0 Å². The van der Waals surface area contributed by atoms with Crippen molar-refractivity contribution in [3.05, 3.63) is 71.7 Å². The summed E-state index contributed by atoms with van der Waals surface area (Å²) in [6, 6.07) is 16.8. The summed E-state index contributed by atoms with van der Waals surface area (Å²) >= 11 is 0. The van der Waals surface area contributed by atoms with Crippen LogP contribution in [0.2, 0.25) is 0 Å². The SMILES string of the molecule is COC1CCN(C(N)=Nc2cc(CC(C)c3ccc(-c4ccccc4)c(F)c3)no2)CC1. The Bertz CT molecular complexity index is 1060. The van der Waals surface area contributed by atoms with Gasteiger partial charge in [-0.25, -0.2) is 4.39 Å². The topological polar surface area (TPSA) is 76.9 Å². The third kappa shape index (κ3) is 5.16. The Hall–Kier alpha value is -3.19. The van der Waals surface area contributed by atoms with E-state index in [1.807, 2.05) is 54.3 Å². The van der Waals surface area contributed by atoms with Crippen LogP contribution in [0.1, 0.15) is 36.9 Å². The Balaban J connectivity index is 1.39. The number of methoxy groups -OCH3 is 1. The molecule has 2 heterocycles. The van der Waals surface area contributed by atoms with Gasteiger partial charge in [-0.05, 0) is 42.4 Å². The quantitative estimate of drug-likeness (QED) is 0.440. The zero-order valence-electron chi connectivity index (χ0n) is 18.5. The molecule has 2 aromatic carbocycles. The molecule has 1 saturated heterocycles. The lowest BCUT2D eigenvalue weighted by Crippen LogP contribution is -2.44. The molecule has 1 unspecified atom stereocenters. The molecular weight excluding hydrogens is 407 g/mol. The fourth-order valence-electron chi connectivity index (χ4n) is 4.07. The molecule has 1 fully saturated rings. The van der Waals surface area contributed by atoms with Gasteiger partial charge in [0.1, 0.15) is 5.82 Å². The summed E-state index contributed by atoms with van der Waals surface area (Å²) in [4.78, 5) is 6.41. The molecule has 1 aliphatic heterocycles. The highest BCUT2D eigenvalue weighted by atomic mass is 19.1. The smallest absolute Gasteiger partial charge is 0.253 e. The number of nitrogens with zero attached hydrogens (tertiary/aromatic N) is 3. The monoisotopic (exact) mass is 436 g/mol. The first-order valence-electron chi connectivity index (χ1n) is 11.0. The molecule has 0 aliphatic carbocycles. The first kappa shape index (κ1) is 22.0. The number of benzene rings is 2. The van der Waals surface area contributed by atoms with E-state index in [9.17, 15) is 4.39 Å². The number of hydrogen-bond donors (Lipinski definition) is 1. The Kier molecular flexibility index (Phi) is 6.85. The number of nitrogens with two attached hydrogens (primary N) is 1. The summed E-state index contributed by atoms with van der Waals surface area (Å²) in [6.07, 6.45) is 2.74. The van der Waals surface area contributed by atoms with Gasteiger partial charge in [0.25, 0.3) is 5.88 Å². The van der Waals surface area contributed by atoms with E-state index in [0.717, 1.165) is 42.8 Å². The van der Waals surface area contributed by atoms with Crippen molar-refractivity contribution in [2.75, 3.05) is 20.2 Å². The molecule has 4 rings (SSSR count). The Labute approximate surface area is 187 Å². The van der Waals surface area contributed by atoms with E-state index in [-0.39, 0.29) is 17.8 Å². The summed E-state index contributed by atoms with van der Waals surface area (Å²) in [5, 5.41) is 4.12. The number of ether oxygens (including phenoxy) is 1. The van der Waals surface area contributed by atoms with Gasteiger partial charge in [-0.15, -0.1) is 0 Å². The summed E-state index contributed by atoms with van der Waals surface area (Å²) in [5.74, 6) is 0.649. The Morgan fingerprint density at radius 1 is 1.22 bits per heavy atom. The van der Waals surface area contributed by atoms with Gasteiger partial charge in [0, 0.05) is 31.8 Å². The van der Waals surface area contributed by atoms with Crippen LogP contribution in [0, 0.1) is 5.82 Å². The van der Waals surface area contributed by atoms with Crippen LogP contribution in [-0.4, -0.2) is 42.3 Å². The van der Waals surface area contributed by atoms with Crippen LogP contribution in [0.15, 0.2) is 64.1 Å². The highest BCUT2D eigenvalue weighted by molar-refractivity contribution is 5.80. The lowest BCUT2D eigenvalue weighted by atomic mass is 9.94. The van der Waals surface area contributed by atoms with Crippen LogP contribution in [0.3, 0.4) is 0 Å². The van der Waals surface area contributed by atoms with E-state index in [0.29, 0.717) is 23.8 Å². The van der Waals surface area contributed by atoms with Gasteiger partial charge < -0.3 is 19.9 Å². The molecule has 7 heteroatoms. The second-order valence-corrected chi connectivity index (χ2v) is 8.26. The zero-order valence-corrected chi connectivity index (χ0v) is 18.5. The second kappa shape index (κ2) is 9.96. The standard InChI is InChI=1S/C25H29FN4O2/c1-17(19-8-9-22(23(26)15-19)18-6-4-3-5-7-18)14-20-16-24(32-29-20)28-25(27)30-12-10-21(31-2)11-13-30/h3-9,15-17,21H,10-14H2,1-2H3,(H2,27,28). The number of halogens is 1. The fourth-order valence-corrected chi connectivity index (χ4v) is 4.07. The molecule has 1 atom stereocenters. The molecule has 3 aromatic rings. The zero-order chi connectivity index (χ0) is 22.5. The van der Waals surface area contributed by atoms with E-state index >= 15 is 0 Å². The number of aliphatic imine (C=N–C) groups is 1. The predicted molar refractivity (Wildman–Crippen MR) is 123 cm³/mol. The largest absolute Gasteiger partial charge is 0.381 e. The third-order valence-electron chi connectivity index (χ3n) is 6.03. The maximum Gasteiger partial charge on any atom is 0.253 e. The summed E-state index contributed by atoms with van der Waals surface area (Å²) in [6.45, 7) is 3.65. The highest BCUT2D eigenvalue weighted by Crippen LogP contribution is 2.28. The van der Waals surface area contributed by atoms with Crippen molar-refractivity contribution in [2.24, 2.45) is 10.7 Å². The second-order valence-electron chi connectivity index (χ2n) is 8.26. The summed E-state index contributed by atoms with van der Waals surface area (Å²) < 4.78 is 25.5. The summed E-state index contributed by atoms with van der Waals surface area (Å²) in [7, 11) is 1.74. The van der Waals surface area contributed by atoms with Crippen LogP contribution < -0.4 is 5.73 Å². The first-order valence-corrected chi connectivity index (χ1v) is 11.0. The summed E-state index contributed by atoms with van der Waals surface area (Å²) in [5.41, 5.74) is 9.29. The van der Waals surface area contributed by atoms with Gasteiger partial charge >= 0.3 is 0 Å². The lowest BCUT2D eigenvalue weighted by Gasteiger charge is -2.31. The molecule has 6 nitrogen and oxygen atoms in total. The number of likely N-dealkylation sites (tertiary alicyclic amines) is 1. The van der Waals surface area contributed by atoms with Crippen molar-refractivity contribution < 1.29 is 13.7 Å². The normalized spacial score (nSPS) is 16.3. The third-order valence-corrected chi connectivity index (χ3v) is 6.03. The molecule has 1 aliphatic rings. The number of rotatable bonds is 6.